The molecule has 1 aromatic rings. The molecule has 0 aliphatic heterocycles. The molecule has 0 saturated heterocycles. The molecule has 0 radical (unpaired) electrons. The molecule has 0 bridgehead atoms. The van der Waals surface area contributed by atoms with Gasteiger partial charge in [0.1, 0.15) is 0 Å². The number of benzene rings is 1. The highest BCUT2D eigenvalue weighted by atomic mass is 35.5. The van der Waals surface area contributed by atoms with Gasteiger partial charge < -0.3 is 0 Å². The molecule has 0 saturated carbocycles. The molecule has 0 fully saturated rings. The van der Waals surface area contributed by atoms with E-state index in [1.54, 1.807) is 0 Å². The van der Waals surface area contributed by atoms with E-state index in [0.717, 1.165) is 6.42 Å². The predicted molar refractivity (Wildman–Crippen MR) is 77.7 cm³/mol. The topological polar surface area (TPSA) is 0 Å². The standard InChI is InChI=1S/C16H25Cl/c1-4-6-7-14-8-10-15(11-9-14)16(17)12-13(3)5-2/h8-11,13,16H,4-7,12H2,1-3H3. The van der Waals surface area contributed by atoms with Crippen LogP contribution in [0.2, 0.25) is 0 Å². The van der Waals surface area contributed by atoms with Gasteiger partial charge >= 0.3 is 0 Å². The molecular formula is C16H25Cl. The second-order valence-corrected chi connectivity index (χ2v) is 5.59. The zero-order valence-corrected chi connectivity index (χ0v) is 12.1. The van der Waals surface area contributed by atoms with E-state index in [4.69, 9.17) is 11.6 Å². The molecule has 2 atom stereocenters. The van der Waals surface area contributed by atoms with E-state index in [0.29, 0.717) is 5.92 Å². The number of aryl methyl sites for hydroxylation is 1. The van der Waals surface area contributed by atoms with Gasteiger partial charge in [-0.2, -0.15) is 0 Å². The van der Waals surface area contributed by atoms with Crippen LogP contribution in [-0.4, -0.2) is 0 Å². The molecule has 1 heteroatoms. The summed E-state index contributed by atoms with van der Waals surface area (Å²) in [4.78, 5) is 0. The Bertz CT molecular complexity index is 302. The smallest absolute Gasteiger partial charge is 0.0587 e. The summed E-state index contributed by atoms with van der Waals surface area (Å²) in [6, 6.07) is 8.87. The SMILES string of the molecule is CCCCc1ccc(C(Cl)CC(C)CC)cc1. The largest absolute Gasteiger partial charge is 0.118 e. The summed E-state index contributed by atoms with van der Waals surface area (Å²) in [6.07, 6.45) is 6.00. The summed E-state index contributed by atoms with van der Waals surface area (Å²) in [5, 5.41) is 0.171. The van der Waals surface area contributed by atoms with Crippen LogP contribution in [0.15, 0.2) is 24.3 Å². The number of halogens is 1. The molecule has 1 rings (SSSR count). The maximum atomic E-state index is 6.44. The summed E-state index contributed by atoms with van der Waals surface area (Å²) in [6.45, 7) is 6.72. The lowest BCUT2D eigenvalue weighted by Gasteiger charge is -2.14. The molecular weight excluding hydrogens is 228 g/mol. The van der Waals surface area contributed by atoms with Crippen molar-refractivity contribution in [1.29, 1.82) is 0 Å². The highest BCUT2D eigenvalue weighted by Gasteiger charge is 2.11. The minimum Gasteiger partial charge on any atom is -0.118 e. The van der Waals surface area contributed by atoms with Crippen LogP contribution >= 0.6 is 11.6 Å². The van der Waals surface area contributed by atoms with Crippen molar-refractivity contribution in [3.63, 3.8) is 0 Å². The second-order valence-electron chi connectivity index (χ2n) is 5.06. The lowest BCUT2D eigenvalue weighted by Crippen LogP contribution is -1.99. The van der Waals surface area contributed by atoms with E-state index in [-0.39, 0.29) is 5.38 Å². The fraction of sp³-hybridized carbons (Fsp3) is 0.625. The summed E-state index contributed by atoms with van der Waals surface area (Å²) in [7, 11) is 0. The van der Waals surface area contributed by atoms with Crippen molar-refractivity contribution in [1.82, 2.24) is 0 Å². The van der Waals surface area contributed by atoms with Gasteiger partial charge in [0, 0.05) is 0 Å². The zero-order valence-electron chi connectivity index (χ0n) is 11.4. The lowest BCUT2D eigenvalue weighted by molar-refractivity contribution is 0.508. The molecule has 0 nitrogen and oxygen atoms in total. The average Bonchev–Trinajstić information content (AvgIpc) is 2.36. The van der Waals surface area contributed by atoms with Gasteiger partial charge in [-0.3, -0.25) is 0 Å². The Morgan fingerprint density at radius 3 is 2.29 bits per heavy atom. The number of alkyl halides is 1. The van der Waals surface area contributed by atoms with Gasteiger partial charge in [0.15, 0.2) is 0 Å². The highest BCUT2D eigenvalue weighted by molar-refractivity contribution is 6.20. The molecule has 0 aromatic heterocycles. The second kappa shape index (κ2) is 7.76. The Hall–Kier alpha value is -0.490. The van der Waals surface area contributed by atoms with E-state index in [1.807, 2.05) is 0 Å². The molecule has 0 N–H and O–H groups in total. The van der Waals surface area contributed by atoms with Crippen molar-refractivity contribution in [3.05, 3.63) is 35.4 Å². The number of hydrogen-bond acceptors (Lipinski definition) is 0. The van der Waals surface area contributed by atoms with Gasteiger partial charge in [0.2, 0.25) is 0 Å². The quantitative estimate of drug-likeness (QED) is 0.543. The monoisotopic (exact) mass is 252 g/mol. The first-order chi connectivity index (χ1) is 8.17. The average molecular weight is 253 g/mol. The van der Waals surface area contributed by atoms with Gasteiger partial charge in [0.05, 0.1) is 5.38 Å². The molecule has 17 heavy (non-hydrogen) atoms. The maximum Gasteiger partial charge on any atom is 0.0587 e. The van der Waals surface area contributed by atoms with E-state index in [2.05, 4.69) is 45.0 Å². The van der Waals surface area contributed by atoms with Gasteiger partial charge in [-0.15, -0.1) is 11.6 Å². The van der Waals surface area contributed by atoms with Crippen molar-refractivity contribution in [2.75, 3.05) is 0 Å². The summed E-state index contributed by atoms with van der Waals surface area (Å²) < 4.78 is 0. The number of hydrogen-bond donors (Lipinski definition) is 0. The lowest BCUT2D eigenvalue weighted by atomic mass is 9.97. The van der Waals surface area contributed by atoms with E-state index < -0.39 is 0 Å². The molecule has 0 heterocycles. The molecule has 2 unspecified atom stereocenters. The van der Waals surface area contributed by atoms with Crippen LogP contribution in [-0.2, 0) is 6.42 Å². The number of rotatable bonds is 7. The van der Waals surface area contributed by atoms with Gasteiger partial charge in [0.25, 0.3) is 0 Å². The van der Waals surface area contributed by atoms with Crippen LogP contribution in [0.25, 0.3) is 0 Å². The van der Waals surface area contributed by atoms with Crippen LogP contribution in [0.4, 0.5) is 0 Å². The third kappa shape index (κ3) is 5.12. The molecule has 0 aliphatic rings. The van der Waals surface area contributed by atoms with Crippen molar-refractivity contribution < 1.29 is 0 Å². The summed E-state index contributed by atoms with van der Waals surface area (Å²) in [5.41, 5.74) is 2.70. The minimum absolute atomic E-state index is 0.171. The molecule has 0 aliphatic carbocycles. The van der Waals surface area contributed by atoms with Gasteiger partial charge in [-0.05, 0) is 36.3 Å². The summed E-state index contributed by atoms with van der Waals surface area (Å²) in [5.74, 6) is 0.706. The fourth-order valence-electron chi connectivity index (χ4n) is 1.93. The van der Waals surface area contributed by atoms with Crippen LogP contribution in [0.3, 0.4) is 0 Å². The Labute approximate surface area is 111 Å². The van der Waals surface area contributed by atoms with Crippen LogP contribution in [0, 0.1) is 5.92 Å². The predicted octanol–water partition coefficient (Wildman–Crippen LogP) is 5.75. The Morgan fingerprint density at radius 1 is 1.12 bits per heavy atom. The van der Waals surface area contributed by atoms with E-state index >= 15 is 0 Å². The van der Waals surface area contributed by atoms with Crippen molar-refractivity contribution >= 4 is 11.6 Å². The summed E-state index contributed by atoms with van der Waals surface area (Å²) >= 11 is 6.44. The van der Waals surface area contributed by atoms with E-state index in [1.165, 1.54) is 36.8 Å². The maximum absolute atomic E-state index is 6.44. The number of unbranched alkanes of at least 4 members (excludes halogenated alkanes) is 1. The Balaban J connectivity index is 2.54. The molecule has 0 spiro atoms. The molecule has 1 aromatic carbocycles. The van der Waals surface area contributed by atoms with Crippen molar-refractivity contribution in [3.8, 4) is 0 Å². The minimum atomic E-state index is 0.171. The van der Waals surface area contributed by atoms with Crippen LogP contribution in [0.5, 0.6) is 0 Å². The molecule has 0 amide bonds. The zero-order chi connectivity index (χ0) is 12.7. The fourth-order valence-corrected chi connectivity index (χ4v) is 2.38. The van der Waals surface area contributed by atoms with Crippen LogP contribution in [0.1, 0.15) is 63.0 Å². The first-order valence-electron chi connectivity index (χ1n) is 6.90. The van der Waals surface area contributed by atoms with Crippen LogP contribution < -0.4 is 0 Å². The third-order valence-electron chi connectivity index (χ3n) is 3.47. The van der Waals surface area contributed by atoms with Gasteiger partial charge in [-0.25, -0.2) is 0 Å². The first-order valence-corrected chi connectivity index (χ1v) is 7.33. The Kier molecular flexibility index (Phi) is 6.65. The highest BCUT2D eigenvalue weighted by Crippen LogP contribution is 2.29. The van der Waals surface area contributed by atoms with Crippen molar-refractivity contribution in [2.45, 2.75) is 58.3 Å². The normalized spacial score (nSPS) is 14.6. The Morgan fingerprint density at radius 2 is 1.76 bits per heavy atom. The first kappa shape index (κ1) is 14.6. The third-order valence-corrected chi connectivity index (χ3v) is 3.90. The van der Waals surface area contributed by atoms with Crippen molar-refractivity contribution in [2.24, 2.45) is 5.92 Å². The van der Waals surface area contributed by atoms with E-state index in [9.17, 15) is 0 Å². The van der Waals surface area contributed by atoms with Gasteiger partial charge in [-0.1, -0.05) is 57.9 Å². The molecule has 96 valence electrons.